The van der Waals surface area contributed by atoms with Crippen molar-refractivity contribution in [1.29, 1.82) is 0 Å². The van der Waals surface area contributed by atoms with Crippen LogP contribution in [0.1, 0.15) is 83.5 Å². The number of thiazole rings is 1. The molecule has 0 bridgehead atoms. The molecule has 0 unspecified atom stereocenters. The molecule has 12 heteroatoms. The minimum atomic E-state index is -0.853. The summed E-state index contributed by atoms with van der Waals surface area (Å²) in [5, 5.41) is 16.5. The van der Waals surface area contributed by atoms with Gasteiger partial charge >= 0.3 is 0 Å². The summed E-state index contributed by atoms with van der Waals surface area (Å²) in [5.41, 5.74) is 9.60. The van der Waals surface area contributed by atoms with E-state index < -0.39 is 23.6 Å². The molecule has 0 saturated carbocycles. The number of likely N-dealkylation sites (tertiary alicyclic amines) is 2. The van der Waals surface area contributed by atoms with E-state index in [1.807, 2.05) is 64.4 Å². The molecule has 0 aliphatic carbocycles. The van der Waals surface area contributed by atoms with Crippen molar-refractivity contribution in [1.82, 2.24) is 25.4 Å². The van der Waals surface area contributed by atoms with E-state index in [2.05, 4.69) is 20.5 Å². The Balaban J connectivity index is 1.31. The SMILES string of the molecule is Cc1ncsc1-c1ccc([C@H](C)NC(=O)[C@@H]2C[C@@H](O)CN2C(=O)[C@@H](NC(=O)CCCCN2CCC(C(N)=O)CC2)C(C)(C)C)cc1. The highest BCUT2D eigenvalue weighted by Crippen LogP contribution is 2.29. The number of rotatable bonds is 12. The van der Waals surface area contributed by atoms with Crippen molar-refractivity contribution >= 4 is 35.0 Å². The third-order valence-corrected chi connectivity index (χ3v) is 10.2. The van der Waals surface area contributed by atoms with E-state index in [9.17, 15) is 24.3 Å². The first kappa shape index (κ1) is 35.5. The fourth-order valence-corrected chi connectivity index (χ4v) is 7.12. The summed E-state index contributed by atoms with van der Waals surface area (Å²) in [7, 11) is 0. The predicted octanol–water partition coefficient (Wildman–Crippen LogP) is 3.16. The van der Waals surface area contributed by atoms with E-state index in [0.29, 0.717) is 6.42 Å². The minimum absolute atomic E-state index is 0.0308. The second-order valence-corrected chi connectivity index (χ2v) is 14.7. The Hall–Kier alpha value is -3.35. The van der Waals surface area contributed by atoms with Crippen molar-refractivity contribution in [2.45, 2.75) is 97.4 Å². The first-order valence-corrected chi connectivity index (χ1v) is 17.2. The van der Waals surface area contributed by atoms with Gasteiger partial charge in [0.15, 0.2) is 0 Å². The average molecular weight is 655 g/mol. The van der Waals surface area contributed by atoms with Crippen molar-refractivity contribution in [3.8, 4) is 10.4 Å². The van der Waals surface area contributed by atoms with Crippen molar-refractivity contribution in [3.63, 3.8) is 0 Å². The number of nitrogens with one attached hydrogen (secondary N) is 2. The number of hydrogen-bond donors (Lipinski definition) is 4. The topological polar surface area (TPSA) is 158 Å². The molecular formula is C34H50N6O5S. The number of β-amino-alcohol motifs (C(OH)–C–C–N with tert-alkyl or cyclic N) is 1. The maximum absolute atomic E-state index is 13.9. The fraction of sp³-hybridized carbons (Fsp3) is 0.618. The lowest BCUT2D eigenvalue weighted by atomic mass is 9.85. The number of piperidine rings is 1. The normalized spacial score (nSPS) is 20.7. The predicted molar refractivity (Wildman–Crippen MR) is 179 cm³/mol. The van der Waals surface area contributed by atoms with E-state index in [1.54, 1.807) is 11.3 Å². The zero-order valence-corrected chi connectivity index (χ0v) is 28.6. The number of nitrogens with two attached hydrogens (primary N) is 1. The zero-order valence-electron chi connectivity index (χ0n) is 27.8. The molecule has 252 valence electrons. The number of hydrogen-bond acceptors (Lipinski definition) is 8. The van der Waals surface area contributed by atoms with Crippen LogP contribution in [0.15, 0.2) is 29.8 Å². The fourth-order valence-electron chi connectivity index (χ4n) is 6.31. The summed E-state index contributed by atoms with van der Waals surface area (Å²) in [6, 6.07) is 5.97. The van der Waals surface area contributed by atoms with Crippen LogP contribution < -0.4 is 16.4 Å². The molecule has 2 aliphatic heterocycles. The molecule has 2 fully saturated rings. The van der Waals surface area contributed by atoms with Gasteiger partial charge < -0.3 is 31.3 Å². The Bertz CT molecular complexity index is 1360. The molecule has 2 aliphatic rings. The average Bonchev–Trinajstić information content (AvgIpc) is 3.62. The van der Waals surface area contributed by atoms with Crippen molar-refractivity contribution in [2.75, 3.05) is 26.2 Å². The number of aromatic nitrogens is 1. The molecule has 3 heterocycles. The third kappa shape index (κ3) is 9.13. The molecule has 46 heavy (non-hydrogen) atoms. The van der Waals surface area contributed by atoms with Crippen molar-refractivity contribution in [3.05, 3.63) is 41.0 Å². The van der Waals surface area contributed by atoms with Crippen LogP contribution in [0.3, 0.4) is 0 Å². The van der Waals surface area contributed by atoms with Crippen LogP contribution >= 0.6 is 11.3 Å². The van der Waals surface area contributed by atoms with Crippen LogP contribution in [0.4, 0.5) is 0 Å². The monoisotopic (exact) mass is 654 g/mol. The molecule has 11 nitrogen and oxygen atoms in total. The maximum Gasteiger partial charge on any atom is 0.246 e. The first-order chi connectivity index (χ1) is 21.7. The number of nitrogens with zero attached hydrogens (tertiary/aromatic N) is 3. The largest absolute Gasteiger partial charge is 0.391 e. The van der Waals surface area contributed by atoms with Gasteiger partial charge in [-0.15, -0.1) is 11.3 Å². The Labute approximate surface area is 276 Å². The summed E-state index contributed by atoms with van der Waals surface area (Å²) >= 11 is 1.58. The Morgan fingerprint density at radius 1 is 1.09 bits per heavy atom. The Kier molecular flexibility index (Phi) is 12.0. The quantitative estimate of drug-likeness (QED) is 0.256. The van der Waals surface area contributed by atoms with E-state index >= 15 is 0 Å². The van der Waals surface area contributed by atoms with Crippen LogP contribution in [0.2, 0.25) is 0 Å². The van der Waals surface area contributed by atoms with Crippen LogP contribution in [0.5, 0.6) is 0 Å². The minimum Gasteiger partial charge on any atom is -0.391 e. The van der Waals surface area contributed by atoms with E-state index in [4.69, 9.17) is 5.73 Å². The summed E-state index contributed by atoms with van der Waals surface area (Å²) in [4.78, 5) is 61.0. The van der Waals surface area contributed by atoms with Gasteiger partial charge in [0, 0.05) is 25.3 Å². The highest BCUT2D eigenvalue weighted by molar-refractivity contribution is 7.13. The number of aliphatic hydroxyl groups excluding tert-OH is 1. The van der Waals surface area contributed by atoms with E-state index in [-0.39, 0.29) is 55.0 Å². The van der Waals surface area contributed by atoms with Crippen LogP contribution in [-0.2, 0) is 19.2 Å². The lowest BCUT2D eigenvalue weighted by Crippen LogP contribution is -2.57. The van der Waals surface area contributed by atoms with Gasteiger partial charge in [0.05, 0.1) is 28.2 Å². The van der Waals surface area contributed by atoms with Gasteiger partial charge in [0.2, 0.25) is 23.6 Å². The number of aliphatic hydroxyl groups is 1. The van der Waals surface area contributed by atoms with Crippen LogP contribution in [0.25, 0.3) is 10.4 Å². The number of carbonyl (C=O) groups excluding carboxylic acids is 4. The molecule has 1 aromatic heterocycles. The molecule has 4 rings (SSSR count). The van der Waals surface area contributed by atoms with Gasteiger partial charge in [0.25, 0.3) is 0 Å². The second kappa shape index (κ2) is 15.5. The third-order valence-electron chi connectivity index (χ3n) is 9.18. The molecule has 0 spiro atoms. The van der Waals surface area contributed by atoms with Gasteiger partial charge in [-0.05, 0) is 75.7 Å². The van der Waals surface area contributed by atoms with Crippen LogP contribution in [-0.4, -0.2) is 87.9 Å². The number of benzene rings is 1. The number of unbranched alkanes of at least 4 members (excludes halogenated alkanes) is 1. The van der Waals surface area contributed by atoms with Crippen LogP contribution in [0, 0.1) is 18.3 Å². The van der Waals surface area contributed by atoms with Gasteiger partial charge in [-0.25, -0.2) is 4.98 Å². The molecule has 2 aromatic rings. The van der Waals surface area contributed by atoms with Crippen molar-refractivity contribution < 1.29 is 24.3 Å². The van der Waals surface area contributed by atoms with E-state index in [1.165, 1.54) is 4.90 Å². The molecule has 0 radical (unpaired) electrons. The molecular weight excluding hydrogens is 604 g/mol. The lowest BCUT2D eigenvalue weighted by Gasteiger charge is -2.35. The van der Waals surface area contributed by atoms with Gasteiger partial charge in [-0.1, -0.05) is 45.0 Å². The molecule has 2 saturated heterocycles. The first-order valence-electron chi connectivity index (χ1n) is 16.3. The zero-order chi connectivity index (χ0) is 33.6. The molecule has 1 aromatic carbocycles. The van der Waals surface area contributed by atoms with Gasteiger partial charge in [-0.3, -0.25) is 19.2 Å². The highest BCUT2D eigenvalue weighted by atomic mass is 32.1. The lowest BCUT2D eigenvalue weighted by molar-refractivity contribution is -0.144. The highest BCUT2D eigenvalue weighted by Gasteiger charge is 2.44. The smallest absolute Gasteiger partial charge is 0.246 e. The van der Waals surface area contributed by atoms with Crippen molar-refractivity contribution in [2.24, 2.45) is 17.1 Å². The molecule has 4 amide bonds. The maximum atomic E-state index is 13.9. The van der Waals surface area contributed by atoms with Gasteiger partial charge in [-0.2, -0.15) is 0 Å². The molecule has 5 N–H and O–H groups in total. The summed E-state index contributed by atoms with van der Waals surface area (Å²) in [6.45, 7) is 12.0. The summed E-state index contributed by atoms with van der Waals surface area (Å²) in [6.07, 6.45) is 2.63. The number of aryl methyl sites for hydroxylation is 1. The Morgan fingerprint density at radius 2 is 1.76 bits per heavy atom. The van der Waals surface area contributed by atoms with E-state index in [0.717, 1.165) is 60.6 Å². The summed E-state index contributed by atoms with van der Waals surface area (Å²) in [5.74, 6) is -1.19. The number of amides is 4. The Morgan fingerprint density at radius 3 is 2.35 bits per heavy atom. The molecule has 4 atom stereocenters. The van der Waals surface area contributed by atoms with Gasteiger partial charge in [0.1, 0.15) is 12.1 Å². The standard InChI is InChI=1S/C34H50N6O5S/c1-21(23-9-11-24(12-10-23)29-22(2)36-20-46-29)37-32(44)27-18-26(41)19-40(27)33(45)30(34(3,4)5)38-28(42)8-6-7-15-39-16-13-25(14-17-39)31(35)43/h9-12,20-21,25-27,30,41H,6-8,13-19H2,1-5H3,(H2,35,43)(H,37,44)(H,38,42)/t21-,26+,27-,30+/m0/s1. The number of primary amides is 1. The summed E-state index contributed by atoms with van der Waals surface area (Å²) < 4.78 is 0. The number of carbonyl (C=O) groups is 4. The second-order valence-electron chi connectivity index (χ2n) is 13.9.